The lowest BCUT2D eigenvalue weighted by Crippen LogP contribution is -2.07. The third-order valence-electron chi connectivity index (χ3n) is 2.80. The Kier molecular flexibility index (Phi) is 3.81. The van der Waals surface area contributed by atoms with E-state index < -0.39 is 0 Å². The second kappa shape index (κ2) is 5.35. The largest absolute Gasteiger partial charge is 0.331 e. The number of carbonyl (C=O) groups is 1. The standard InChI is InChI=1S/C12H15ClN4O/c1-3-10-12(13)11(17(4-2)15-10)6-16-5-9(7-18)14-8-16/h5,7-8H,3-4,6H2,1-2H3. The maximum Gasteiger partial charge on any atom is 0.169 e. The molecule has 0 aliphatic heterocycles. The number of aryl methyl sites for hydroxylation is 2. The zero-order valence-electron chi connectivity index (χ0n) is 10.4. The van der Waals surface area contributed by atoms with Crippen LogP contribution in [0.3, 0.4) is 0 Å². The first-order chi connectivity index (χ1) is 8.69. The number of carbonyl (C=O) groups excluding carboxylic acids is 1. The molecule has 0 aromatic carbocycles. The zero-order chi connectivity index (χ0) is 13.1. The number of nitrogens with zero attached hydrogens (tertiary/aromatic N) is 4. The van der Waals surface area contributed by atoms with Gasteiger partial charge < -0.3 is 4.57 Å². The van der Waals surface area contributed by atoms with E-state index in [1.807, 2.05) is 23.1 Å². The molecule has 2 aromatic rings. The van der Waals surface area contributed by atoms with Crippen LogP contribution in [0.4, 0.5) is 0 Å². The van der Waals surface area contributed by atoms with Crippen molar-refractivity contribution in [2.45, 2.75) is 33.4 Å². The van der Waals surface area contributed by atoms with E-state index in [0.717, 1.165) is 30.6 Å². The number of aldehydes is 1. The predicted octanol–water partition coefficient (Wildman–Crippen LogP) is 2.18. The average molecular weight is 267 g/mol. The van der Waals surface area contributed by atoms with Crippen LogP contribution in [0.15, 0.2) is 12.5 Å². The molecule has 0 spiro atoms. The fourth-order valence-electron chi connectivity index (χ4n) is 1.87. The molecule has 96 valence electrons. The van der Waals surface area contributed by atoms with E-state index in [-0.39, 0.29) is 0 Å². The van der Waals surface area contributed by atoms with Gasteiger partial charge in [0.2, 0.25) is 0 Å². The molecule has 6 heteroatoms. The normalized spacial score (nSPS) is 10.8. The summed E-state index contributed by atoms with van der Waals surface area (Å²) < 4.78 is 3.72. The maximum atomic E-state index is 10.6. The van der Waals surface area contributed by atoms with Gasteiger partial charge in [0, 0.05) is 12.7 Å². The highest BCUT2D eigenvalue weighted by atomic mass is 35.5. The highest BCUT2D eigenvalue weighted by Gasteiger charge is 2.14. The molecule has 0 radical (unpaired) electrons. The van der Waals surface area contributed by atoms with Crippen LogP contribution in [0.25, 0.3) is 0 Å². The van der Waals surface area contributed by atoms with Crippen LogP contribution in [-0.4, -0.2) is 25.6 Å². The van der Waals surface area contributed by atoms with Crippen molar-refractivity contribution in [3.05, 3.63) is 34.6 Å². The molecule has 0 unspecified atom stereocenters. The van der Waals surface area contributed by atoms with E-state index in [4.69, 9.17) is 11.6 Å². The smallest absolute Gasteiger partial charge is 0.169 e. The van der Waals surface area contributed by atoms with Crippen molar-refractivity contribution < 1.29 is 4.79 Å². The minimum atomic E-state index is 0.421. The molecule has 0 bridgehead atoms. The number of imidazole rings is 1. The summed E-state index contributed by atoms with van der Waals surface area (Å²) in [4.78, 5) is 14.6. The van der Waals surface area contributed by atoms with Crippen LogP contribution in [0.1, 0.15) is 35.7 Å². The molecule has 0 saturated carbocycles. The van der Waals surface area contributed by atoms with E-state index in [1.54, 1.807) is 12.5 Å². The van der Waals surface area contributed by atoms with Gasteiger partial charge in [-0.25, -0.2) is 4.98 Å². The molecule has 0 fully saturated rings. The SMILES string of the molecule is CCc1nn(CC)c(Cn2cnc(C=O)c2)c1Cl. The van der Waals surface area contributed by atoms with Crippen molar-refractivity contribution in [1.82, 2.24) is 19.3 Å². The van der Waals surface area contributed by atoms with Gasteiger partial charge in [-0.2, -0.15) is 5.10 Å². The Balaban J connectivity index is 2.32. The number of halogens is 1. The Morgan fingerprint density at radius 1 is 1.44 bits per heavy atom. The van der Waals surface area contributed by atoms with Crippen molar-refractivity contribution in [3.8, 4) is 0 Å². The second-order valence-electron chi connectivity index (χ2n) is 3.97. The van der Waals surface area contributed by atoms with Crippen molar-refractivity contribution >= 4 is 17.9 Å². The van der Waals surface area contributed by atoms with Crippen LogP contribution in [0.2, 0.25) is 5.02 Å². The third-order valence-corrected chi connectivity index (χ3v) is 3.24. The average Bonchev–Trinajstić information content (AvgIpc) is 2.96. The fraction of sp³-hybridized carbons (Fsp3) is 0.417. The Hall–Kier alpha value is -1.62. The molecule has 0 aliphatic rings. The number of hydrogen-bond donors (Lipinski definition) is 0. The Labute approximate surface area is 110 Å². The summed E-state index contributed by atoms with van der Waals surface area (Å²) in [6, 6.07) is 0. The van der Waals surface area contributed by atoms with Crippen molar-refractivity contribution in [1.29, 1.82) is 0 Å². The molecule has 2 rings (SSSR count). The van der Waals surface area contributed by atoms with Gasteiger partial charge in [0.1, 0.15) is 5.69 Å². The van der Waals surface area contributed by atoms with Crippen molar-refractivity contribution in [2.75, 3.05) is 0 Å². The first-order valence-electron chi connectivity index (χ1n) is 5.90. The van der Waals surface area contributed by atoms with Crippen molar-refractivity contribution in [3.63, 3.8) is 0 Å². The van der Waals surface area contributed by atoms with Gasteiger partial charge in [0.05, 0.1) is 29.3 Å². The molecule has 0 aliphatic carbocycles. The number of aromatic nitrogens is 4. The molecule has 0 amide bonds. The highest BCUT2D eigenvalue weighted by molar-refractivity contribution is 6.31. The summed E-state index contributed by atoms with van der Waals surface area (Å²) in [6.45, 7) is 5.39. The van der Waals surface area contributed by atoms with E-state index >= 15 is 0 Å². The predicted molar refractivity (Wildman–Crippen MR) is 69.0 cm³/mol. The molecule has 0 N–H and O–H groups in total. The third kappa shape index (κ3) is 2.31. The summed E-state index contributed by atoms with van der Waals surface area (Å²) >= 11 is 6.31. The summed E-state index contributed by atoms with van der Waals surface area (Å²) in [6.07, 6.45) is 4.86. The molecule has 5 nitrogen and oxygen atoms in total. The Bertz CT molecular complexity index is 558. The topological polar surface area (TPSA) is 52.7 Å². The van der Waals surface area contributed by atoms with Gasteiger partial charge in [0.15, 0.2) is 6.29 Å². The summed E-state index contributed by atoms with van der Waals surface area (Å²) in [5.41, 5.74) is 2.28. The molecule has 0 atom stereocenters. The molecule has 2 heterocycles. The summed E-state index contributed by atoms with van der Waals surface area (Å²) in [7, 11) is 0. The Morgan fingerprint density at radius 2 is 2.22 bits per heavy atom. The van der Waals surface area contributed by atoms with Gasteiger partial charge in [0.25, 0.3) is 0 Å². The van der Waals surface area contributed by atoms with E-state index in [9.17, 15) is 4.79 Å². The van der Waals surface area contributed by atoms with E-state index in [0.29, 0.717) is 17.3 Å². The Morgan fingerprint density at radius 3 is 2.78 bits per heavy atom. The van der Waals surface area contributed by atoms with Crippen LogP contribution < -0.4 is 0 Å². The molecular formula is C12H15ClN4O. The van der Waals surface area contributed by atoms with Gasteiger partial charge >= 0.3 is 0 Å². The molecule has 0 saturated heterocycles. The van der Waals surface area contributed by atoms with Gasteiger partial charge in [-0.15, -0.1) is 0 Å². The molecule has 18 heavy (non-hydrogen) atoms. The van der Waals surface area contributed by atoms with Gasteiger partial charge in [-0.3, -0.25) is 9.48 Å². The number of rotatable bonds is 5. The lowest BCUT2D eigenvalue weighted by Gasteiger charge is -2.05. The lowest BCUT2D eigenvalue weighted by molar-refractivity contribution is 0.111. The highest BCUT2D eigenvalue weighted by Crippen LogP contribution is 2.22. The van der Waals surface area contributed by atoms with Crippen LogP contribution in [0.5, 0.6) is 0 Å². The van der Waals surface area contributed by atoms with Gasteiger partial charge in [-0.1, -0.05) is 18.5 Å². The maximum absolute atomic E-state index is 10.6. The quantitative estimate of drug-likeness (QED) is 0.780. The van der Waals surface area contributed by atoms with Crippen LogP contribution in [0, 0.1) is 0 Å². The zero-order valence-corrected chi connectivity index (χ0v) is 11.2. The summed E-state index contributed by atoms with van der Waals surface area (Å²) in [5.74, 6) is 0. The second-order valence-corrected chi connectivity index (χ2v) is 4.34. The summed E-state index contributed by atoms with van der Waals surface area (Å²) in [5, 5.41) is 5.16. The molecule has 2 aromatic heterocycles. The minimum absolute atomic E-state index is 0.421. The van der Waals surface area contributed by atoms with Crippen LogP contribution >= 0.6 is 11.6 Å². The minimum Gasteiger partial charge on any atom is -0.331 e. The number of hydrogen-bond acceptors (Lipinski definition) is 3. The monoisotopic (exact) mass is 266 g/mol. The first-order valence-corrected chi connectivity index (χ1v) is 6.28. The van der Waals surface area contributed by atoms with E-state index in [2.05, 4.69) is 10.1 Å². The van der Waals surface area contributed by atoms with Gasteiger partial charge in [-0.05, 0) is 13.3 Å². The van der Waals surface area contributed by atoms with Crippen molar-refractivity contribution in [2.24, 2.45) is 0 Å². The van der Waals surface area contributed by atoms with Crippen LogP contribution in [-0.2, 0) is 19.5 Å². The first kappa shape index (κ1) is 12.8. The fourth-order valence-corrected chi connectivity index (χ4v) is 2.19. The molecular weight excluding hydrogens is 252 g/mol. The van der Waals surface area contributed by atoms with E-state index in [1.165, 1.54) is 0 Å². The lowest BCUT2D eigenvalue weighted by atomic mass is 10.3.